The Labute approximate surface area is 148 Å². The van der Waals surface area contributed by atoms with Gasteiger partial charge in [0.1, 0.15) is 11.5 Å². The standard InChI is InChI=1S/C21H22N2O2/c1-24-18-8-6-15(20(12-18)25-2)11-19-14-5-7-17(10-14)23-21(19)16-4-3-9-22-13-16/h3-4,6,8-9,11-14,17H,5,7,10H2,1-2H3/t14-,17+/m0/s1. The van der Waals surface area contributed by atoms with Crippen molar-refractivity contribution in [1.29, 1.82) is 0 Å². The van der Waals surface area contributed by atoms with E-state index in [0.29, 0.717) is 12.0 Å². The molecule has 2 heterocycles. The van der Waals surface area contributed by atoms with E-state index in [-0.39, 0.29) is 0 Å². The van der Waals surface area contributed by atoms with Crippen LogP contribution in [-0.2, 0) is 0 Å². The molecule has 0 N–H and O–H groups in total. The van der Waals surface area contributed by atoms with Crippen molar-refractivity contribution in [3.8, 4) is 11.5 Å². The van der Waals surface area contributed by atoms with Crippen LogP contribution in [0.3, 0.4) is 0 Å². The van der Waals surface area contributed by atoms with E-state index in [0.717, 1.165) is 34.8 Å². The number of nitrogens with zero attached hydrogens (tertiary/aromatic N) is 2. The first-order valence-corrected chi connectivity index (χ1v) is 8.70. The van der Waals surface area contributed by atoms with Crippen molar-refractivity contribution in [2.75, 3.05) is 14.2 Å². The third-order valence-electron chi connectivity index (χ3n) is 5.12. The van der Waals surface area contributed by atoms with Gasteiger partial charge in [-0.3, -0.25) is 9.98 Å². The number of aromatic nitrogens is 1. The number of ether oxygens (including phenoxy) is 2. The molecule has 25 heavy (non-hydrogen) atoms. The average molecular weight is 334 g/mol. The van der Waals surface area contributed by atoms with E-state index in [1.54, 1.807) is 20.4 Å². The summed E-state index contributed by atoms with van der Waals surface area (Å²) in [5.41, 5.74) is 4.54. The molecular weight excluding hydrogens is 312 g/mol. The predicted molar refractivity (Wildman–Crippen MR) is 99.4 cm³/mol. The van der Waals surface area contributed by atoms with Gasteiger partial charge in [0.2, 0.25) is 0 Å². The SMILES string of the molecule is COc1ccc(C=C2C(c3cccnc3)=N[C@@H]3CC[C@H]2C3)c(OC)c1. The van der Waals surface area contributed by atoms with Gasteiger partial charge < -0.3 is 9.47 Å². The topological polar surface area (TPSA) is 43.7 Å². The number of aliphatic imine (C=N–C) groups is 1. The summed E-state index contributed by atoms with van der Waals surface area (Å²) >= 11 is 0. The predicted octanol–water partition coefficient (Wildman–Crippen LogP) is 4.15. The Bertz CT molecular complexity index is 827. The quantitative estimate of drug-likeness (QED) is 0.843. The van der Waals surface area contributed by atoms with E-state index in [4.69, 9.17) is 14.5 Å². The molecule has 1 saturated carbocycles. The Hall–Kier alpha value is -2.62. The molecule has 1 aliphatic carbocycles. The van der Waals surface area contributed by atoms with E-state index in [1.807, 2.05) is 30.5 Å². The summed E-state index contributed by atoms with van der Waals surface area (Å²) in [6.45, 7) is 0. The minimum atomic E-state index is 0.454. The van der Waals surface area contributed by atoms with Crippen molar-refractivity contribution in [2.24, 2.45) is 10.9 Å². The molecule has 128 valence electrons. The van der Waals surface area contributed by atoms with E-state index in [2.05, 4.69) is 17.1 Å². The molecule has 0 spiro atoms. The van der Waals surface area contributed by atoms with Gasteiger partial charge in [0.15, 0.2) is 0 Å². The van der Waals surface area contributed by atoms with Gasteiger partial charge in [-0.15, -0.1) is 0 Å². The number of rotatable bonds is 4. The van der Waals surface area contributed by atoms with Gasteiger partial charge in [0.25, 0.3) is 0 Å². The molecule has 0 radical (unpaired) electrons. The Morgan fingerprint density at radius 3 is 2.80 bits per heavy atom. The fraction of sp³-hybridized carbons (Fsp3) is 0.333. The number of hydrogen-bond acceptors (Lipinski definition) is 4. The molecule has 2 aliphatic rings. The molecule has 0 saturated heterocycles. The number of hydrogen-bond donors (Lipinski definition) is 0. The van der Waals surface area contributed by atoms with Crippen LogP contribution in [0, 0.1) is 5.92 Å². The number of allylic oxidation sites excluding steroid dienone is 1. The molecule has 1 aliphatic heterocycles. The molecule has 4 heteroatoms. The summed E-state index contributed by atoms with van der Waals surface area (Å²) in [6, 6.07) is 10.5. The summed E-state index contributed by atoms with van der Waals surface area (Å²) in [6.07, 6.45) is 9.46. The van der Waals surface area contributed by atoms with Crippen molar-refractivity contribution in [3.05, 3.63) is 59.4 Å². The molecule has 1 aromatic heterocycles. The minimum absolute atomic E-state index is 0.454. The van der Waals surface area contributed by atoms with Crippen molar-refractivity contribution in [3.63, 3.8) is 0 Å². The van der Waals surface area contributed by atoms with Gasteiger partial charge in [0, 0.05) is 29.6 Å². The zero-order valence-corrected chi connectivity index (χ0v) is 14.6. The van der Waals surface area contributed by atoms with Crippen molar-refractivity contribution in [1.82, 2.24) is 4.98 Å². The lowest BCUT2D eigenvalue weighted by Crippen LogP contribution is -2.20. The maximum Gasteiger partial charge on any atom is 0.129 e. The molecule has 1 aromatic carbocycles. The first kappa shape index (κ1) is 15.9. The highest BCUT2D eigenvalue weighted by atomic mass is 16.5. The largest absolute Gasteiger partial charge is 0.497 e. The van der Waals surface area contributed by atoms with Gasteiger partial charge >= 0.3 is 0 Å². The maximum atomic E-state index is 5.57. The fourth-order valence-electron chi connectivity index (χ4n) is 3.84. The van der Waals surface area contributed by atoms with Gasteiger partial charge in [-0.05, 0) is 61.1 Å². The summed E-state index contributed by atoms with van der Waals surface area (Å²) in [4.78, 5) is 9.30. The van der Waals surface area contributed by atoms with Crippen LogP contribution < -0.4 is 9.47 Å². The van der Waals surface area contributed by atoms with Crippen molar-refractivity contribution in [2.45, 2.75) is 25.3 Å². The van der Waals surface area contributed by atoms with Gasteiger partial charge in [-0.1, -0.05) is 0 Å². The first-order chi connectivity index (χ1) is 12.3. The van der Waals surface area contributed by atoms with Crippen LogP contribution in [0.4, 0.5) is 0 Å². The Kier molecular flexibility index (Phi) is 4.26. The summed E-state index contributed by atoms with van der Waals surface area (Å²) in [5.74, 6) is 2.17. The highest BCUT2D eigenvalue weighted by molar-refractivity contribution is 6.16. The smallest absolute Gasteiger partial charge is 0.129 e. The summed E-state index contributed by atoms with van der Waals surface area (Å²) in [7, 11) is 3.36. The fourth-order valence-corrected chi connectivity index (χ4v) is 3.84. The minimum Gasteiger partial charge on any atom is -0.497 e. The molecule has 0 unspecified atom stereocenters. The normalized spacial score (nSPS) is 23.4. The van der Waals surface area contributed by atoms with E-state index >= 15 is 0 Å². The monoisotopic (exact) mass is 334 g/mol. The number of benzene rings is 1. The first-order valence-electron chi connectivity index (χ1n) is 8.70. The van der Waals surface area contributed by atoms with E-state index in [9.17, 15) is 0 Å². The molecule has 4 rings (SSSR count). The lowest BCUT2D eigenvalue weighted by Gasteiger charge is -2.23. The molecular formula is C21H22N2O2. The Morgan fingerprint density at radius 2 is 2.04 bits per heavy atom. The van der Waals surface area contributed by atoms with E-state index in [1.165, 1.54) is 18.4 Å². The van der Waals surface area contributed by atoms with Crippen molar-refractivity contribution < 1.29 is 9.47 Å². The summed E-state index contributed by atoms with van der Waals surface area (Å²) in [5, 5.41) is 0. The zero-order chi connectivity index (χ0) is 17.2. The lowest BCUT2D eigenvalue weighted by molar-refractivity contribution is 0.393. The van der Waals surface area contributed by atoms with Crippen LogP contribution in [-0.4, -0.2) is 31.0 Å². The Morgan fingerprint density at radius 1 is 1.12 bits per heavy atom. The Balaban J connectivity index is 1.80. The molecule has 2 bridgehead atoms. The number of fused-ring (bicyclic) bond motifs is 2. The van der Waals surface area contributed by atoms with Gasteiger partial charge in [-0.2, -0.15) is 0 Å². The van der Waals surface area contributed by atoms with Crippen LogP contribution in [0.1, 0.15) is 30.4 Å². The molecule has 0 amide bonds. The summed E-state index contributed by atoms with van der Waals surface area (Å²) < 4.78 is 10.9. The van der Waals surface area contributed by atoms with Crippen LogP contribution in [0.2, 0.25) is 0 Å². The third-order valence-corrected chi connectivity index (χ3v) is 5.12. The highest BCUT2D eigenvalue weighted by Crippen LogP contribution is 2.41. The van der Waals surface area contributed by atoms with Crippen LogP contribution in [0.25, 0.3) is 6.08 Å². The molecule has 2 aromatic rings. The van der Waals surface area contributed by atoms with Crippen LogP contribution in [0.15, 0.2) is 53.3 Å². The lowest BCUT2D eigenvalue weighted by atomic mass is 9.86. The molecule has 2 atom stereocenters. The van der Waals surface area contributed by atoms with Gasteiger partial charge in [-0.25, -0.2) is 0 Å². The number of methoxy groups -OCH3 is 2. The number of pyridine rings is 1. The second kappa shape index (κ2) is 6.71. The van der Waals surface area contributed by atoms with Gasteiger partial charge in [0.05, 0.1) is 26.0 Å². The molecule has 4 nitrogen and oxygen atoms in total. The van der Waals surface area contributed by atoms with Crippen molar-refractivity contribution >= 4 is 11.8 Å². The second-order valence-corrected chi connectivity index (χ2v) is 6.59. The van der Waals surface area contributed by atoms with E-state index < -0.39 is 0 Å². The maximum absolute atomic E-state index is 5.57. The molecule has 1 fully saturated rings. The average Bonchev–Trinajstić information content (AvgIpc) is 3.07. The second-order valence-electron chi connectivity index (χ2n) is 6.59. The van der Waals surface area contributed by atoms with Crippen LogP contribution in [0.5, 0.6) is 11.5 Å². The zero-order valence-electron chi connectivity index (χ0n) is 14.6. The third kappa shape index (κ3) is 3.04. The van der Waals surface area contributed by atoms with Crippen LogP contribution >= 0.6 is 0 Å². The highest BCUT2D eigenvalue weighted by Gasteiger charge is 2.34.